The second-order valence-electron chi connectivity index (χ2n) is 4.24. The van der Waals surface area contributed by atoms with E-state index >= 15 is 0 Å². The maximum absolute atomic E-state index is 8.68. The minimum Gasteiger partial charge on any atom is -0.476 e. The van der Waals surface area contributed by atoms with Crippen LogP contribution in [0.3, 0.4) is 0 Å². The average molecular weight is 250 g/mol. The number of nitrogens with zero attached hydrogens (tertiary/aromatic N) is 3. The summed E-state index contributed by atoms with van der Waals surface area (Å²) in [6, 6.07) is 3.44. The van der Waals surface area contributed by atoms with Gasteiger partial charge in [-0.15, -0.1) is 0 Å². The van der Waals surface area contributed by atoms with Gasteiger partial charge in [0, 0.05) is 12.7 Å². The van der Waals surface area contributed by atoms with E-state index in [1.54, 1.807) is 18.3 Å². The Bertz CT molecular complexity index is 416. The molecule has 1 aromatic rings. The molecule has 0 saturated carbocycles. The number of hydrogen-bond donors (Lipinski definition) is 2. The summed E-state index contributed by atoms with van der Waals surface area (Å²) >= 11 is 0. The number of hydrogen-bond acceptors (Lipinski definition) is 5. The normalized spacial score (nSPS) is 17.0. The molecule has 18 heavy (non-hydrogen) atoms. The van der Waals surface area contributed by atoms with Crippen LogP contribution in [0, 0.1) is 0 Å². The number of aromatic nitrogens is 1. The summed E-state index contributed by atoms with van der Waals surface area (Å²) in [4.78, 5) is 6.45. The lowest BCUT2D eigenvalue weighted by molar-refractivity contribution is 0.231. The molecule has 2 heterocycles. The molecule has 1 aliphatic rings. The lowest BCUT2D eigenvalue weighted by atomic mass is 10.2. The Kier molecular flexibility index (Phi) is 4.35. The topological polar surface area (TPSA) is 84.0 Å². The van der Waals surface area contributed by atoms with Gasteiger partial charge in [-0.3, -0.25) is 4.90 Å². The molecule has 1 saturated heterocycles. The molecule has 1 fully saturated rings. The predicted octanol–water partition coefficient (Wildman–Crippen LogP) is 0.651. The Morgan fingerprint density at radius 2 is 2.28 bits per heavy atom. The van der Waals surface area contributed by atoms with Crippen molar-refractivity contribution in [3.05, 3.63) is 23.9 Å². The first-order chi connectivity index (χ1) is 8.81. The van der Waals surface area contributed by atoms with Gasteiger partial charge < -0.3 is 15.7 Å². The van der Waals surface area contributed by atoms with Crippen LogP contribution in [-0.2, 0) is 0 Å². The lowest BCUT2D eigenvalue weighted by Gasteiger charge is -2.15. The predicted molar refractivity (Wildman–Crippen MR) is 67.9 cm³/mol. The largest absolute Gasteiger partial charge is 0.476 e. The highest BCUT2D eigenvalue weighted by Crippen LogP contribution is 2.14. The first-order valence-electron chi connectivity index (χ1n) is 6.09. The van der Waals surface area contributed by atoms with Gasteiger partial charge in [-0.1, -0.05) is 5.16 Å². The molecule has 3 N–H and O–H groups in total. The third-order valence-corrected chi connectivity index (χ3v) is 3.00. The van der Waals surface area contributed by atoms with E-state index < -0.39 is 0 Å². The molecule has 6 nitrogen and oxygen atoms in total. The summed E-state index contributed by atoms with van der Waals surface area (Å²) in [5.74, 6) is 0.422. The second-order valence-corrected chi connectivity index (χ2v) is 4.24. The standard InChI is InChI=1S/C12H18N4O2/c13-11(15-17)10-4-3-5-14-12(10)18-9-8-16-6-1-2-7-16/h3-5,17H,1-2,6-9H2,(H2,13,15). The molecule has 0 bridgehead atoms. The van der Waals surface area contributed by atoms with Gasteiger partial charge in [0.05, 0.1) is 5.56 Å². The zero-order valence-corrected chi connectivity index (χ0v) is 10.2. The van der Waals surface area contributed by atoms with Gasteiger partial charge in [0.25, 0.3) is 0 Å². The molecular weight excluding hydrogens is 232 g/mol. The molecule has 0 spiro atoms. The van der Waals surface area contributed by atoms with Crippen LogP contribution in [0.2, 0.25) is 0 Å². The van der Waals surface area contributed by atoms with Gasteiger partial charge in [0.15, 0.2) is 5.84 Å². The first-order valence-corrected chi connectivity index (χ1v) is 6.09. The van der Waals surface area contributed by atoms with Crippen molar-refractivity contribution in [1.82, 2.24) is 9.88 Å². The third kappa shape index (κ3) is 3.10. The number of nitrogens with two attached hydrogens (primary N) is 1. The minimum absolute atomic E-state index is 0.0132. The second kappa shape index (κ2) is 6.20. The highest BCUT2D eigenvalue weighted by molar-refractivity contribution is 5.98. The lowest BCUT2D eigenvalue weighted by Crippen LogP contribution is -2.26. The summed E-state index contributed by atoms with van der Waals surface area (Å²) in [6.07, 6.45) is 4.15. The monoisotopic (exact) mass is 250 g/mol. The van der Waals surface area contributed by atoms with E-state index in [0.717, 1.165) is 19.6 Å². The molecule has 1 aliphatic heterocycles. The Balaban J connectivity index is 1.92. The summed E-state index contributed by atoms with van der Waals surface area (Å²) in [7, 11) is 0. The molecule has 2 rings (SSSR count). The van der Waals surface area contributed by atoms with Crippen molar-refractivity contribution in [3.8, 4) is 5.88 Å². The Labute approximate surface area is 106 Å². The number of ether oxygens (including phenoxy) is 1. The van der Waals surface area contributed by atoms with Crippen LogP contribution in [-0.4, -0.2) is 47.2 Å². The van der Waals surface area contributed by atoms with Crippen molar-refractivity contribution in [3.63, 3.8) is 0 Å². The Morgan fingerprint density at radius 1 is 1.50 bits per heavy atom. The van der Waals surface area contributed by atoms with E-state index in [-0.39, 0.29) is 5.84 Å². The molecule has 0 aromatic carbocycles. The van der Waals surface area contributed by atoms with Crippen molar-refractivity contribution in [2.45, 2.75) is 12.8 Å². The van der Waals surface area contributed by atoms with Crippen molar-refractivity contribution in [2.75, 3.05) is 26.2 Å². The fraction of sp³-hybridized carbons (Fsp3) is 0.500. The van der Waals surface area contributed by atoms with Crippen LogP contribution < -0.4 is 10.5 Å². The molecule has 0 unspecified atom stereocenters. The van der Waals surface area contributed by atoms with Gasteiger partial charge in [-0.25, -0.2) is 4.98 Å². The van der Waals surface area contributed by atoms with E-state index in [9.17, 15) is 0 Å². The van der Waals surface area contributed by atoms with E-state index in [2.05, 4.69) is 15.0 Å². The zero-order chi connectivity index (χ0) is 12.8. The van der Waals surface area contributed by atoms with Crippen molar-refractivity contribution < 1.29 is 9.94 Å². The Morgan fingerprint density at radius 3 is 3.00 bits per heavy atom. The first kappa shape index (κ1) is 12.6. The van der Waals surface area contributed by atoms with Crippen LogP contribution in [0.4, 0.5) is 0 Å². The van der Waals surface area contributed by atoms with E-state index in [1.807, 2.05) is 0 Å². The molecule has 0 amide bonds. The fourth-order valence-electron chi connectivity index (χ4n) is 2.03. The van der Waals surface area contributed by atoms with Crippen LogP contribution in [0.15, 0.2) is 23.5 Å². The molecule has 1 aromatic heterocycles. The van der Waals surface area contributed by atoms with E-state index in [4.69, 9.17) is 15.7 Å². The van der Waals surface area contributed by atoms with Crippen LogP contribution in [0.5, 0.6) is 5.88 Å². The molecular formula is C12H18N4O2. The maximum atomic E-state index is 8.68. The SMILES string of the molecule is N/C(=N\O)c1cccnc1OCCN1CCCC1. The summed E-state index contributed by atoms with van der Waals surface area (Å²) in [5.41, 5.74) is 6.07. The van der Waals surface area contributed by atoms with Gasteiger partial charge in [0.1, 0.15) is 6.61 Å². The van der Waals surface area contributed by atoms with Crippen molar-refractivity contribution >= 4 is 5.84 Å². The van der Waals surface area contributed by atoms with E-state index in [0.29, 0.717) is 18.1 Å². The Hall–Kier alpha value is -1.82. The highest BCUT2D eigenvalue weighted by atomic mass is 16.5. The van der Waals surface area contributed by atoms with Crippen molar-refractivity contribution in [1.29, 1.82) is 0 Å². The molecule has 6 heteroatoms. The van der Waals surface area contributed by atoms with Crippen LogP contribution >= 0.6 is 0 Å². The zero-order valence-electron chi connectivity index (χ0n) is 10.2. The number of amidine groups is 1. The van der Waals surface area contributed by atoms with Gasteiger partial charge >= 0.3 is 0 Å². The maximum Gasteiger partial charge on any atom is 0.224 e. The minimum atomic E-state index is 0.0132. The number of likely N-dealkylation sites (tertiary alicyclic amines) is 1. The highest BCUT2D eigenvalue weighted by Gasteiger charge is 2.13. The molecule has 0 radical (unpaired) electrons. The number of oxime groups is 1. The number of rotatable bonds is 5. The van der Waals surface area contributed by atoms with Gasteiger partial charge in [-0.2, -0.15) is 0 Å². The van der Waals surface area contributed by atoms with Crippen molar-refractivity contribution in [2.24, 2.45) is 10.9 Å². The smallest absolute Gasteiger partial charge is 0.224 e. The summed E-state index contributed by atoms with van der Waals surface area (Å²) in [6.45, 7) is 3.71. The molecule has 0 atom stereocenters. The summed E-state index contributed by atoms with van der Waals surface area (Å²) < 4.78 is 5.60. The quantitative estimate of drug-likeness (QED) is 0.347. The van der Waals surface area contributed by atoms with E-state index in [1.165, 1.54) is 12.8 Å². The molecule has 98 valence electrons. The summed E-state index contributed by atoms with van der Waals surface area (Å²) in [5, 5.41) is 11.7. The average Bonchev–Trinajstić information content (AvgIpc) is 2.92. The number of pyridine rings is 1. The van der Waals surface area contributed by atoms with Crippen LogP contribution in [0.25, 0.3) is 0 Å². The molecule has 0 aliphatic carbocycles. The van der Waals surface area contributed by atoms with Gasteiger partial charge in [-0.05, 0) is 38.1 Å². The van der Waals surface area contributed by atoms with Gasteiger partial charge in [0.2, 0.25) is 5.88 Å². The van der Waals surface area contributed by atoms with Crippen LogP contribution in [0.1, 0.15) is 18.4 Å². The third-order valence-electron chi connectivity index (χ3n) is 3.00. The fourth-order valence-corrected chi connectivity index (χ4v) is 2.03.